The van der Waals surface area contributed by atoms with Crippen molar-refractivity contribution >= 4 is 27.5 Å². The van der Waals surface area contributed by atoms with E-state index in [1.54, 1.807) is 24.3 Å². The van der Waals surface area contributed by atoms with E-state index in [9.17, 15) is 18.0 Å². The Hall–Kier alpha value is -2.09. The Bertz CT molecular complexity index is 731. The normalized spacial score (nSPS) is 18.8. The third-order valence-corrected chi connectivity index (χ3v) is 5.73. The van der Waals surface area contributed by atoms with Crippen molar-refractivity contribution < 1.29 is 18.0 Å². The molecule has 138 valence electrons. The zero-order valence-electron chi connectivity index (χ0n) is 14.5. The Kier molecular flexibility index (Phi) is 6.41. The van der Waals surface area contributed by atoms with E-state index in [1.807, 2.05) is 0 Å². The lowest BCUT2D eigenvalue weighted by Crippen LogP contribution is -2.38. The highest BCUT2D eigenvalue weighted by Gasteiger charge is 2.28. The summed E-state index contributed by atoms with van der Waals surface area (Å²) in [6.07, 6.45) is 1.32. The molecule has 8 heteroatoms. The molecule has 0 bridgehead atoms. The first-order valence-corrected chi connectivity index (χ1v) is 10.2. The maximum atomic E-state index is 12.1. The third kappa shape index (κ3) is 6.38. The van der Waals surface area contributed by atoms with Crippen LogP contribution in [0, 0.1) is 5.92 Å². The Morgan fingerprint density at radius 3 is 2.68 bits per heavy atom. The molecule has 1 aliphatic heterocycles. The van der Waals surface area contributed by atoms with Crippen LogP contribution in [-0.2, 0) is 9.84 Å². The molecule has 1 saturated heterocycles. The van der Waals surface area contributed by atoms with Crippen LogP contribution in [0.25, 0.3) is 0 Å². The van der Waals surface area contributed by atoms with E-state index in [-0.39, 0.29) is 23.5 Å². The monoisotopic (exact) mass is 367 g/mol. The summed E-state index contributed by atoms with van der Waals surface area (Å²) >= 11 is 0. The number of nitrogens with one attached hydrogen (secondary N) is 3. The van der Waals surface area contributed by atoms with E-state index >= 15 is 0 Å². The van der Waals surface area contributed by atoms with Crippen molar-refractivity contribution in [1.82, 2.24) is 10.6 Å². The first kappa shape index (κ1) is 19.2. The van der Waals surface area contributed by atoms with Gasteiger partial charge in [-0.2, -0.15) is 0 Å². The lowest BCUT2D eigenvalue weighted by molar-refractivity contribution is 0.0952. The van der Waals surface area contributed by atoms with Gasteiger partial charge in [0, 0.05) is 23.8 Å². The van der Waals surface area contributed by atoms with Gasteiger partial charge < -0.3 is 16.0 Å². The molecule has 0 aromatic heterocycles. The van der Waals surface area contributed by atoms with Gasteiger partial charge in [-0.3, -0.25) is 4.79 Å². The minimum atomic E-state index is -3.04. The number of benzene rings is 1. The molecule has 0 spiro atoms. The second kappa shape index (κ2) is 8.33. The zero-order chi connectivity index (χ0) is 18.4. The standard InChI is InChI=1S/C17H25N3O4S/c1-12(2)6-8-18-16(21)13-4-3-5-14(10-13)19-17(22)20-15-7-9-25(23,24)11-15/h3-5,10,12,15H,6-9,11H2,1-2H3,(H,18,21)(H2,19,20,22)/t15-/m0/s1. The van der Waals surface area contributed by atoms with Crippen molar-refractivity contribution in [3.8, 4) is 0 Å². The molecular weight excluding hydrogens is 342 g/mol. The Morgan fingerprint density at radius 1 is 1.28 bits per heavy atom. The summed E-state index contributed by atoms with van der Waals surface area (Å²) in [4.78, 5) is 24.1. The molecule has 1 heterocycles. The van der Waals surface area contributed by atoms with E-state index in [1.165, 1.54) is 0 Å². The number of sulfone groups is 1. The van der Waals surface area contributed by atoms with Crippen LogP contribution in [0.3, 0.4) is 0 Å². The number of hydrogen-bond donors (Lipinski definition) is 3. The molecule has 0 saturated carbocycles. The maximum Gasteiger partial charge on any atom is 0.319 e. The summed E-state index contributed by atoms with van der Waals surface area (Å²) in [6, 6.07) is 5.79. The molecule has 0 radical (unpaired) electrons. The number of carbonyl (C=O) groups is 2. The fraction of sp³-hybridized carbons (Fsp3) is 0.529. The molecule has 2 rings (SSSR count). The summed E-state index contributed by atoms with van der Waals surface area (Å²) in [5, 5.41) is 8.13. The Balaban J connectivity index is 1.88. The number of urea groups is 1. The van der Waals surface area contributed by atoms with Crippen LogP contribution in [0.5, 0.6) is 0 Å². The second-order valence-electron chi connectivity index (χ2n) is 6.72. The second-order valence-corrected chi connectivity index (χ2v) is 8.95. The van der Waals surface area contributed by atoms with Gasteiger partial charge in [0.2, 0.25) is 0 Å². The van der Waals surface area contributed by atoms with Gasteiger partial charge in [-0.1, -0.05) is 19.9 Å². The largest absolute Gasteiger partial charge is 0.352 e. The minimum absolute atomic E-state index is 0.0291. The highest BCUT2D eigenvalue weighted by molar-refractivity contribution is 7.91. The number of rotatable bonds is 6. The third-order valence-electron chi connectivity index (χ3n) is 3.96. The SMILES string of the molecule is CC(C)CCNC(=O)c1cccc(NC(=O)N[C@H]2CCS(=O)(=O)C2)c1. The van der Waals surface area contributed by atoms with Gasteiger partial charge in [0.1, 0.15) is 0 Å². The highest BCUT2D eigenvalue weighted by atomic mass is 32.2. The first-order valence-electron chi connectivity index (χ1n) is 8.41. The van der Waals surface area contributed by atoms with Gasteiger partial charge in [0.15, 0.2) is 9.84 Å². The van der Waals surface area contributed by atoms with Crippen LogP contribution in [0.1, 0.15) is 37.0 Å². The molecule has 1 fully saturated rings. The van der Waals surface area contributed by atoms with Crippen LogP contribution < -0.4 is 16.0 Å². The zero-order valence-corrected chi connectivity index (χ0v) is 15.4. The van der Waals surface area contributed by atoms with Crippen LogP contribution >= 0.6 is 0 Å². The van der Waals surface area contributed by atoms with Crippen molar-refractivity contribution in [2.24, 2.45) is 5.92 Å². The van der Waals surface area contributed by atoms with Crippen molar-refractivity contribution in [1.29, 1.82) is 0 Å². The average Bonchev–Trinajstić information content (AvgIpc) is 2.85. The van der Waals surface area contributed by atoms with E-state index < -0.39 is 15.9 Å². The minimum Gasteiger partial charge on any atom is -0.352 e. The Labute approximate surface area is 148 Å². The van der Waals surface area contributed by atoms with Gasteiger partial charge >= 0.3 is 6.03 Å². The lowest BCUT2D eigenvalue weighted by Gasteiger charge is -2.13. The molecule has 0 unspecified atom stereocenters. The first-order chi connectivity index (χ1) is 11.7. The predicted octanol–water partition coefficient (Wildman–Crippen LogP) is 1.77. The van der Waals surface area contributed by atoms with E-state index in [0.717, 1.165) is 6.42 Å². The molecule has 1 aromatic carbocycles. The topological polar surface area (TPSA) is 104 Å². The van der Waals surface area contributed by atoms with Crippen LogP contribution in [0.2, 0.25) is 0 Å². The van der Waals surface area contributed by atoms with Crippen LogP contribution in [-0.4, -0.2) is 44.4 Å². The summed E-state index contributed by atoms with van der Waals surface area (Å²) < 4.78 is 22.8. The Morgan fingerprint density at radius 2 is 2.04 bits per heavy atom. The predicted molar refractivity (Wildman–Crippen MR) is 97.4 cm³/mol. The number of amides is 3. The molecule has 1 atom stereocenters. The summed E-state index contributed by atoms with van der Waals surface area (Å²) in [5.74, 6) is 0.394. The fourth-order valence-electron chi connectivity index (χ4n) is 2.58. The van der Waals surface area contributed by atoms with Crippen molar-refractivity contribution in [3.63, 3.8) is 0 Å². The van der Waals surface area contributed by atoms with E-state index in [0.29, 0.717) is 30.1 Å². The lowest BCUT2D eigenvalue weighted by atomic mass is 10.1. The molecule has 1 aromatic rings. The fourth-order valence-corrected chi connectivity index (χ4v) is 4.25. The molecule has 7 nitrogen and oxygen atoms in total. The van der Waals surface area contributed by atoms with Gasteiger partial charge in [-0.15, -0.1) is 0 Å². The molecule has 25 heavy (non-hydrogen) atoms. The smallest absolute Gasteiger partial charge is 0.319 e. The van der Waals surface area contributed by atoms with E-state index in [2.05, 4.69) is 29.8 Å². The molecule has 3 N–H and O–H groups in total. The maximum absolute atomic E-state index is 12.1. The number of hydrogen-bond acceptors (Lipinski definition) is 4. The van der Waals surface area contributed by atoms with E-state index in [4.69, 9.17) is 0 Å². The van der Waals surface area contributed by atoms with Gasteiger partial charge in [-0.05, 0) is 37.0 Å². The quantitative estimate of drug-likeness (QED) is 0.713. The summed E-state index contributed by atoms with van der Waals surface area (Å²) in [7, 11) is -3.04. The average molecular weight is 367 g/mol. The van der Waals surface area contributed by atoms with Crippen LogP contribution in [0.15, 0.2) is 24.3 Å². The van der Waals surface area contributed by atoms with Gasteiger partial charge in [0.25, 0.3) is 5.91 Å². The number of carbonyl (C=O) groups excluding carboxylic acids is 2. The van der Waals surface area contributed by atoms with Crippen molar-refractivity contribution in [2.75, 3.05) is 23.4 Å². The highest BCUT2D eigenvalue weighted by Crippen LogP contribution is 2.13. The summed E-state index contributed by atoms with van der Waals surface area (Å²) in [6.45, 7) is 4.78. The summed E-state index contributed by atoms with van der Waals surface area (Å²) in [5.41, 5.74) is 0.944. The van der Waals surface area contributed by atoms with Gasteiger partial charge in [0.05, 0.1) is 11.5 Å². The van der Waals surface area contributed by atoms with Crippen LogP contribution in [0.4, 0.5) is 10.5 Å². The molecule has 0 aliphatic carbocycles. The molecule has 3 amide bonds. The number of anilines is 1. The van der Waals surface area contributed by atoms with Crippen molar-refractivity contribution in [3.05, 3.63) is 29.8 Å². The molecule has 1 aliphatic rings. The van der Waals surface area contributed by atoms with Gasteiger partial charge in [-0.25, -0.2) is 13.2 Å². The molecular formula is C17H25N3O4S. The van der Waals surface area contributed by atoms with Crippen molar-refractivity contribution in [2.45, 2.75) is 32.7 Å².